The second-order valence-electron chi connectivity index (χ2n) is 5.65. The summed E-state index contributed by atoms with van der Waals surface area (Å²) in [6, 6.07) is 8.51. The van der Waals surface area contributed by atoms with Crippen LogP contribution in [0.5, 0.6) is 0 Å². The zero-order valence-electron chi connectivity index (χ0n) is 13.1. The minimum Gasteiger partial charge on any atom is -0.465 e. The van der Waals surface area contributed by atoms with Crippen LogP contribution in [0, 0.1) is 6.92 Å². The molecule has 1 aromatic carbocycles. The number of esters is 1. The third-order valence-electron chi connectivity index (χ3n) is 4.35. The van der Waals surface area contributed by atoms with Crippen molar-refractivity contribution in [1.82, 2.24) is 5.32 Å². The van der Waals surface area contributed by atoms with E-state index in [1.165, 1.54) is 11.1 Å². The smallest absolute Gasteiger partial charge is 0.326 e. The van der Waals surface area contributed by atoms with Crippen molar-refractivity contribution in [2.24, 2.45) is 0 Å². The second-order valence-corrected chi connectivity index (χ2v) is 6.94. The van der Waals surface area contributed by atoms with Crippen LogP contribution >= 0.6 is 11.8 Å². The SMILES string of the molecule is CCOC(=O)C1(NC)CCC(SCc2ccccc2C)C1. The zero-order valence-corrected chi connectivity index (χ0v) is 14.0. The number of nitrogens with one attached hydrogen (secondary N) is 1. The van der Waals surface area contributed by atoms with E-state index in [0.29, 0.717) is 11.9 Å². The van der Waals surface area contributed by atoms with Gasteiger partial charge in [-0.25, -0.2) is 0 Å². The highest BCUT2D eigenvalue weighted by Crippen LogP contribution is 2.39. The highest BCUT2D eigenvalue weighted by molar-refractivity contribution is 7.99. The normalized spacial score (nSPS) is 25.0. The van der Waals surface area contributed by atoms with Crippen molar-refractivity contribution >= 4 is 17.7 Å². The Morgan fingerprint density at radius 1 is 1.48 bits per heavy atom. The number of carbonyl (C=O) groups excluding carboxylic acids is 1. The van der Waals surface area contributed by atoms with Gasteiger partial charge in [-0.15, -0.1) is 0 Å². The summed E-state index contributed by atoms with van der Waals surface area (Å²) >= 11 is 1.96. The molecular formula is C17H25NO2S. The van der Waals surface area contributed by atoms with Gasteiger partial charge in [0.1, 0.15) is 5.54 Å². The Labute approximate surface area is 131 Å². The molecule has 0 spiro atoms. The van der Waals surface area contributed by atoms with E-state index in [1.807, 2.05) is 25.7 Å². The van der Waals surface area contributed by atoms with E-state index >= 15 is 0 Å². The predicted octanol–water partition coefficient (Wildman–Crippen LogP) is 3.30. The fourth-order valence-corrected chi connectivity index (χ4v) is 4.33. The Balaban J connectivity index is 1.93. The lowest BCUT2D eigenvalue weighted by Crippen LogP contribution is -2.49. The van der Waals surface area contributed by atoms with E-state index in [9.17, 15) is 4.79 Å². The maximum Gasteiger partial charge on any atom is 0.326 e. The Bertz CT molecular complexity index is 491. The van der Waals surface area contributed by atoms with E-state index in [0.717, 1.165) is 25.0 Å². The molecular weight excluding hydrogens is 282 g/mol. The van der Waals surface area contributed by atoms with Crippen LogP contribution in [0.2, 0.25) is 0 Å². The summed E-state index contributed by atoms with van der Waals surface area (Å²) in [4.78, 5) is 12.2. The van der Waals surface area contributed by atoms with Gasteiger partial charge in [0.15, 0.2) is 0 Å². The molecule has 1 aliphatic rings. The first-order valence-electron chi connectivity index (χ1n) is 7.63. The van der Waals surface area contributed by atoms with Gasteiger partial charge >= 0.3 is 5.97 Å². The van der Waals surface area contributed by atoms with Crippen molar-refractivity contribution in [3.8, 4) is 0 Å². The van der Waals surface area contributed by atoms with Gasteiger partial charge in [0, 0.05) is 11.0 Å². The van der Waals surface area contributed by atoms with Gasteiger partial charge in [-0.2, -0.15) is 11.8 Å². The number of hydrogen-bond donors (Lipinski definition) is 1. The molecule has 1 N–H and O–H groups in total. The summed E-state index contributed by atoms with van der Waals surface area (Å²) in [6.45, 7) is 4.46. The predicted molar refractivity (Wildman–Crippen MR) is 88.5 cm³/mol. The lowest BCUT2D eigenvalue weighted by molar-refractivity contribution is -0.150. The molecule has 21 heavy (non-hydrogen) atoms. The lowest BCUT2D eigenvalue weighted by atomic mass is 9.98. The molecule has 2 rings (SSSR count). The van der Waals surface area contributed by atoms with Gasteiger partial charge in [-0.1, -0.05) is 24.3 Å². The summed E-state index contributed by atoms with van der Waals surface area (Å²) < 4.78 is 5.24. The molecule has 0 saturated heterocycles. The molecule has 0 radical (unpaired) electrons. The average molecular weight is 307 g/mol. The van der Waals surface area contributed by atoms with Gasteiger partial charge in [-0.3, -0.25) is 4.79 Å². The molecule has 2 unspecified atom stereocenters. The molecule has 1 saturated carbocycles. The summed E-state index contributed by atoms with van der Waals surface area (Å²) in [6.07, 6.45) is 2.79. The molecule has 1 fully saturated rings. The van der Waals surface area contributed by atoms with E-state index in [1.54, 1.807) is 0 Å². The Hall–Kier alpha value is -1.00. The molecule has 0 amide bonds. The van der Waals surface area contributed by atoms with Crippen molar-refractivity contribution in [3.63, 3.8) is 0 Å². The van der Waals surface area contributed by atoms with Crippen molar-refractivity contribution in [2.75, 3.05) is 13.7 Å². The second kappa shape index (κ2) is 7.32. The molecule has 116 valence electrons. The molecule has 0 bridgehead atoms. The lowest BCUT2D eigenvalue weighted by Gasteiger charge is -2.26. The maximum absolute atomic E-state index is 12.2. The Morgan fingerprint density at radius 2 is 2.24 bits per heavy atom. The summed E-state index contributed by atoms with van der Waals surface area (Å²) in [5.74, 6) is 0.923. The number of likely N-dealkylation sites (N-methyl/N-ethyl adjacent to an activating group) is 1. The van der Waals surface area contributed by atoms with E-state index < -0.39 is 5.54 Å². The number of carbonyl (C=O) groups is 1. The minimum absolute atomic E-state index is 0.0912. The monoisotopic (exact) mass is 307 g/mol. The van der Waals surface area contributed by atoms with Crippen molar-refractivity contribution < 1.29 is 9.53 Å². The van der Waals surface area contributed by atoms with Crippen LogP contribution in [0.3, 0.4) is 0 Å². The summed E-state index contributed by atoms with van der Waals surface area (Å²) in [5.41, 5.74) is 2.26. The standard InChI is InChI=1S/C17H25NO2S/c1-4-20-16(19)17(18-3)10-9-15(11-17)21-12-14-8-6-5-7-13(14)2/h5-8,15,18H,4,9-12H2,1-3H3. The van der Waals surface area contributed by atoms with Crippen molar-refractivity contribution in [3.05, 3.63) is 35.4 Å². The van der Waals surface area contributed by atoms with Crippen molar-refractivity contribution in [2.45, 2.75) is 49.7 Å². The fourth-order valence-electron chi connectivity index (χ4n) is 2.91. The summed E-state index contributed by atoms with van der Waals surface area (Å²) in [7, 11) is 1.87. The minimum atomic E-state index is -0.473. The van der Waals surface area contributed by atoms with Crippen LogP contribution in [0.25, 0.3) is 0 Å². The maximum atomic E-state index is 12.2. The number of thioether (sulfide) groups is 1. The molecule has 0 aliphatic heterocycles. The first kappa shape index (κ1) is 16.4. The average Bonchev–Trinajstić information content (AvgIpc) is 2.92. The number of ether oxygens (including phenoxy) is 1. The molecule has 0 aromatic heterocycles. The molecule has 2 atom stereocenters. The van der Waals surface area contributed by atoms with Gasteiger partial charge in [0.2, 0.25) is 0 Å². The molecule has 4 heteroatoms. The molecule has 0 heterocycles. The van der Waals surface area contributed by atoms with Crippen LogP contribution in [0.4, 0.5) is 0 Å². The summed E-state index contributed by atoms with van der Waals surface area (Å²) in [5, 5.41) is 3.73. The van der Waals surface area contributed by atoms with Gasteiger partial charge in [0.05, 0.1) is 6.61 Å². The van der Waals surface area contributed by atoms with Gasteiger partial charge in [-0.05, 0) is 51.3 Å². The Morgan fingerprint density at radius 3 is 2.90 bits per heavy atom. The molecule has 3 nitrogen and oxygen atoms in total. The number of rotatable bonds is 6. The largest absolute Gasteiger partial charge is 0.465 e. The fraction of sp³-hybridized carbons (Fsp3) is 0.588. The van der Waals surface area contributed by atoms with Crippen LogP contribution in [-0.2, 0) is 15.3 Å². The van der Waals surface area contributed by atoms with E-state index in [2.05, 4.69) is 36.5 Å². The number of hydrogen-bond acceptors (Lipinski definition) is 4. The third kappa shape index (κ3) is 3.80. The first-order chi connectivity index (χ1) is 10.1. The van der Waals surface area contributed by atoms with Crippen molar-refractivity contribution in [1.29, 1.82) is 0 Å². The van der Waals surface area contributed by atoms with Crippen LogP contribution in [0.1, 0.15) is 37.3 Å². The molecule has 1 aromatic rings. The number of benzene rings is 1. The first-order valence-corrected chi connectivity index (χ1v) is 8.68. The zero-order chi connectivity index (χ0) is 15.3. The highest BCUT2D eigenvalue weighted by atomic mass is 32.2. The topological polar surface area (TPSA) is 38.3 Å². The Kier molecular flexibility index (Phi) is 5.71. The van der Waals surface area contributed by atoms with Gasteiger partial charge < -0.3 is 10.1 Å². The highest BCUT2D eigenvalue weighted by Gasteiger charge is 2.45. The number of aryl methyl sites for hydroxylation is 1. The third-order valence-corrected chi connectivity index (χ3v) is 5.70. The van der Waals surface area contributed by atoms with Gasteiger partial charge in [0.25, 0.3) is 0 Å². The van der Waals surface area contributed by atoms with Crippen LogP contribution < -0.4 is 5.32 Å². The van der Waals surface area contributed by atoms with E-state index in [4.69, 9.17) is 4.74 Å². The quantitative estimate of drug-likeness (QED) is 0.818. The molecule has 1 aliphatic carbocycles. The van der Waals surface area contributed by atoms with E-state index in [-0.39, 0.29) is 5.97 Å². The van der Waals surface area contributed by atoms with Crippen LogP contribution in [0.15, 0.2) is 24.3 Å². The van der Waals surface area contributed by atoms with Crippen LogP contribution in [-0.4, -0.2) is 30.4 Å².